The van der Waals surface area contributed by atoms with Gasteiger partial charge in [-0.05, 0) is 47.9 Å². The first-order valence-corrected chi connectivity index (χ1v) is 9.35. The number of aromatic nitrogens is 1. The van der Waals surface area contributed by atoms with Crippen LogP contribution in [0.2, 0.25) is 0 Å². The summed E-state index contributed by atoms with van der Waals surface area (Å²) in [5.41, 5.74) is 6.27. The SMILES string of the molecule is Cc1ccc(C(=O)Nc2nc3c(s2)-c2cccc4cccc-3c24)cc1C. The highest BCUT2D eigenvalue weighted by Gasteiger charge is 2.26. The van der Waals surface area contributed by atoms with Crippen molar-refractivity contribution in [2.24, 2.45) is 0 Å². The predicted octanol–water partition coefficient (Wildman–Crippen LogP) is 5.81. The number of aryl methyl sites for hydroxylation is 2. The van der Waals surface area contributed by atoms with Crippen LogP contribution in [-0.4, -0.2) is 10.9 Å². The van der Waals surface area contributed by atoms with Gasteiger partial charge in [0.1, 0.15) is 0 Å². The van der Waals surface area contributed by atoms with E-state index in [1.165, 1.54) is 33.2 Å². The molecule has 0 atom stereocenters. The second-order valence-electron chi connectivity index (χ2n) is 6.66. The lowest BCUT2D eigenvalue weighted by atomic mass is 10.0. The molecule has 1 amide bonds. The van der Waals surface area contributed by atoms with E-state index in [4.69, 9.17) is 4.98 Å². The van der Waals surface area contributed by atoms with Crippen LogP contribution in [0, 0.1) is 13.8 Å². The standard InChI is InChI=1S/C22H16N2OS/c1-12-9-10-15(11-13(12)2)21(25)24-22-23-19-16-7-3-5-14-6-4-8-17(18(14)16)20(19)26-22/h3-11H,1-2H3,(H,23,24,25). The van der Waals surface area contributed by atoms with Gasteiger partial charge < -0.3 is 0 Å². The summed E-state index contributed by atoms with van der Waals surface area (Å²) in [5, 5.41) is 6.10. The van der Waals surface area contributed by atoms with Gasteiger partial charge in [-0.1, -0.05) is 53.8 Å². The summed E-state index contributed by atoms with van der Waals surface area (Å²) in [7, 11) is 0. The first kappa shape index (κ1) is 15.3. The molecule has 4 aromatic rings. The van der Waals surface area contributed by atoms with Crippen LogP contribution in [0.15, 0.2) is 54.6 Å². The number of hydrogen-bond acceptors (Lipinski definition) is 3. The number of carbonyl (C=O) groups is 1. The van der Waals surface area contributed by atoms with Crippen LogP contribution in [0.5, 0.6) is 0 Å². The Balaban J connectivity index is 1.52. The van der Waals surface area contributed by atoms with E-state index in [0.717, 1.165) is 21.7 Å². The molecular weight excluding hydrogens is 340 g/mol. The average molecular weight is 356 g/mol. The van der Waals surface area contributed by atoms with Gasteiger partial charge in [-0.2, -0.15) is 0 Å². The molecule has 0 aliphatic heterocycles. The lowest BCUT2D eigenvalue weighted by Gasteiger charge is -2.05. The number of rotatable bonds is 2. The van der Waals surface area contributed by atoms with Crippen LogP contribution in [0.3, 0.4) is 0 Å². The van der Waals surface area contributed by atoms with Crippen LogP contribution in [0.25, 0.3) is 32.5 Å². The molecule has 1 aliphatic rings. The van der Waals surface area contributed by atoms with E-state index in [9.17, 15) is 4.79 Å². The summed E-state index contributed by atoms with van der Waals surface area (Å²) in [6.45, 7) is 4.06. The number of hydrogen-bond donors (Lipinski definition) is 1. The van der Waals surface area contributed by atoms with Gasteiger partial charge in [0.25, 0.3) is 5.91 Å². The molecular formula is C22H16N2OS. The predicted molar refractivity (Wildman–Crippen MR) is 108 cm³/mol. The molecule has 3 aromatic carbocycles. The van der Waals surface area contributed by atoms with Crippen molar-refractivity contribution in [3.8, 4) is 21.7 Å². The second kappa shape index (κ2) is 5.51. The lowest BCUT2D eigenvalue weighted by Crippen LogP contribution is -2.12. The summed E-state index contributed by atoms with van der Waals surface area (Å²) >= 11 is 1.54. The van der Waals surface area contributed by atoms with Gasteiger partial charge in [-0.25, -0.2) is 4.98 Å². The van der Waals surface area contributed by atoms with E-state index in [0.29, 0.717) is 10.7 Å². The van der Waals surface area contributed by atoms with E-state index in [2.05, 4.69) is 41.7 Å². The Bertz CT molecular complexity index is 1150. The smallest absolute Gasteiger partial charge is 0.257 e. The monoisotopic (exact) mass is 356 g/mol. The van der Waals surface area contributed by atoms with E-state index in [1.807, 2.05) is 32.0 Å². The Morgan fingerprint density at radius 3 is 2.50 bits per heavy atom. The number of nitrogens with one attached hydrogen (secondary N) is 1. The van der Waals surface area contributed by atoms with Gasteiger partial charge in [0, 0.05) is 16.7 Å². The molecule has 1 aliphatic carbocycles. The van der Waals surface area contributed by atoms with Gasteiger partial charge in [-0.3, -0.25) is 10.1 Å². The normalized spacial score (nSPS) is 11.6. The number of thiazole rings is 1. The van der Waals surface area contributed by atoms with Crippen molar-refractivity contribution in [3.05, 3.63) is 71.3 Å². The van der Waals surface area contributed by atoms with Crippen molar-refractivity contribution < 1.29 is 4.79 Å². The van der Waals surface area contributed by atoms with Gasteiger partial charge in [-0.15, -0.1) is 0 Å². The Kier molecular flexibility index (Phi) is 3.24. The number of anilines is 1. The van der Waals surface area contributed by atoms with Crippen LogP contribution in [0.4, 0.5) is 5.13 Å². The fraction of sp³-hybridized carbons (Fsp3) is 0.0909. The molecule has 1 aromatic heterocycles. The van der Waals surface area contributed by atoms with Crippen LogP contribution in [0.1, 0.15) is 21.5 Å². The van der Waals surface area contributed by atoms with Gasteiger partial charge in [0.05, 0.1) is 10.6 Å². The van der Waals surface area contributed by atoms with E-state index in [1.54, 1.807) is 0 Å². The summed E-state index contributed by atoms with van der Waals surface area (Å²) in [5.74, 6) is -0.119. The zero-order valence-corrected chi connectivity index (χ0v) is 15.3. The number of benzene rings is 3. The molecule has 0 bridgehead atoms. The number of amides is 1. The van der Waals surface area contributed by atoms with Crippen molar-refractivity contribution in [2.45, 2.75) is 13.8 Å². The number of fused-ring (bicyclic) bond motifs is 3. The molecule has 0 saturated heterocycles. The topological polar surface area (TPSA) is 42.0 Å². The third kappa shape index (κ3) is 2.19. The van der Waals surface area contributed by atoms with Gasteiger partial charge in [0.15, 0.2) is 5.13 Å². The van der Waals surface area contributed by atoms with Crippen molar-refractivity contribution in [2.75, 3.05) is 5.32 Å². The molecule has 0 saturated carbocycles. The molecule has 4 heteroatoms. The Hall–Kier alpha value is -2.98. The first-order chi connectivity index (χ1) is 12.6. The quantitative estimate of drug-likeness (QED) is 0.433. The van der Waals surface area contributed by atoms with Crippen molar-refractivity contribution in [1.29, 1.82) is 0 Å². The maximum Gasteiger partial charge on any atom is 0.257 e. The summed E-state index contributed by atoms with van der Waals surface area (Å²) in [6, 6.07) is 18.4. The van der Waals surface area contributed by atoms with E-state index >= 15 is 0 Å². The van der Waals surface area contributed by atoms with E-state index < -0.39 is 0 Å². The lowest BCUT2D eigenvalue weighted by molar-refractivity contribution is 0.102. The minimum atomic E-state index is -0.119. The minimum Gasteiger partial charge on any atom is -0.298 e. The third-order valence-corrected chi connectivity index (χ3v) is 6.03. The summed E-state index contributed by atoms with van der Waals surface area (Å²) in [6.07, 6.45) is 0. The Labute approximate surface area is 155 Å². The molecule has 5 rings (SSSR count). The van der Waals surface area contributed by atoms with Crippen molar-refractivity contribution in [3.63, 3.8) is 0 Å². The zero-order chi connectivity index (χ0) is 17.8. The Morgan fingerprint density at radius 1 is 0.962 bits per heavy atom. The summed E-state index contributed by atoms with van der Waals surface area (Å²) < 4.78 is 0. The molecule has 1 heterocycles. The van der Waals surface area contributed by atoms with Gasteiger partial charge in [0.2, 0.25) is 0 Å². The van der Waals surface area contributed by atoms with Crippen LogP contribution >= 0.6 is 11.3 Å². The molecule has 1 N–H and O–H groups in total. The number of nitrogens with zero attached hydrogens (tertiary/aromatic N) is 1. The summed E-state index contributed by atoms with van der Waals surface area (Å²) in [4.78, 5) is 18.5. The second-order valence-corrected chi connectivity index (χ2v) is 7.66. The molecule has 0 spiro atoms. The number of carbonyl (C=O) groups excluding carboxylic acids is 1. The third-order valence-electron chi connectivity index (χ3n) is 5.02. The molecule has 0 fully saturated rings. The van der Waals surface area contributed by atoms with E-state index in [-0.39, 0.29) is 5.91 Å². The van der Waals surface area contributed by atoms with Crippen LogP contribution in [-0.2, 0) is 0 Å². The molecule has 0 unspecified atom stereocenters. The fourth-order valence-corrected chi connectivity index (χ4v) is 4.52. The van der Waals surface area contributed by atoms with Gasteiger partial charge >= 0.3 is 0 Å². The fourth-order valence-electron chi connectivity index (χ4n) is 3.52. The molecule has 3 nitrogen and oxygen atoms in total. The molecule has 0 radical (unpaired) electrons. The largest absolute Gasteiger partial charge is 0.298 e. The highest BCUT2D eigenvalue weighted by Crippen LogP contribution is 2.50. The zero-order valence-electron chi connectivity index (χ0n) is 14.5. The highest BCUT2D eigenvalue weighted by molar-refractivity contribution is 7.20. The molecule has 26 heavy (non-hydrogen) atoms. The van der Waals surface area contributed by atoms with Crippen molar-refractivity contribution in [1.82, 2.24) is 4.98 Å². The molecule has 126 valence electrons. The minimum absolute atomic E-state index is 0.119. The Morgan fingerprint density at radius 2 is 1.73 bits per heavy atom. The maximum atomic E-state index is 12.6. The highest BCUT2D eigenvalue weighted by atomic mass is 32.1. The first-order valence-electron chi connectivity index (χ1n) is 8.54. The van der Waals surface area contributed by atoms with Crippen molar-refractivity contribution >= 4 is 33.1 Å². The average Bonchev–Trinajstić information content (AvgIpc) is 3.17. The van der Waals surface area contributed by atoms with Crippen LogP contribution < -0.4 is 5.32 Å². The maximum absolute atomic E-state index is 12.6.